The van der Waals surface area contributed by atoms with E-state index in [0.29, 0.717) is 0 Å². The highest BCUT2D eigenvalue weighted by Crippen LogP contribution is 2.21. The summed E-state index contributed by atoms with van der Waals surface area (Å²) in [6, 6.07) is 12.4. The van der Waals surface area contributed by atoms with Gasteiger partial charge in [-0.2, -0.15) is 0 Å². The number of fused-ring (bicyclic) bond motifs is 1. The van der Waals surface area contributed by atoms with Crippen LogP contribution in [0.3, 0.4) is 0 Å². The number of nitro benzene ring substituents is 1. The molecule has 88 valence electrons. The van der Waals surface area contributed by atoms with Crippen molar-refractivity contribution in [3.63, 3.8) is 0 Å². The second-order valence-corrected chi connectivity index (χ2v) is 3.97. The standard InChI is InChI=1S/C13H9N3O2/c17-16(18)11-5-3-4-10(8-11)12-9-15-7-2-1-6-13(15)14-12/h1-9H/p+1. The van der Waals surface area contributed by atoms with Gasteiger partial charge in [0.2, 0.25) is 0 Å². The van der Waals surface area contributed by atoms with Crippen LogP contribution in [0.5, 0.6) is 0 Å². The number of rotatable bonds is 2. The number of hydrogen-bond donors (Lipinski definition) is 1. The number of H-pyrrole nitrogens is 1. The van der Waals surface area contributed by atoms with E-state index in [9.17, 15) is 10.1 Å². The Labute approximate surface area is 102 Å². The fourth-order valence-corrected chi connectivity index (χ4v) is 1.92. The zero-order valence-corrected chi connectivity index (χ0v) is 9.41. The van der Waals surface area contributed by atoms with Crippen LogP contribution in [0, 0.1) is 10.1 Å². The molecule has 0 saturated heterocycles. The molecule has 0 fully saturated rings. The lowest BCUT2D eigenvalue weighted by molar-refractivity contribution is -0.509. The van der Waals surface area contributed by atoms with E-state index in [1.807, 2.05) is 41.1 Å². The van der Waals surface area contributed by atoms with Crippen molar-refractivity contribution in [2.75, 3.05) is 0 Å². The molecular formula is C13H10N3O2+. The van der Waals surface area contributed by atoms with Crippen LogP contribution in [0.4, 0.5) is 5.69 Å². The van der Waals surface area contributed by atoms with E-state index in [-0.39, 0.29) is 10.6 Å². The highest BCUT2D eigenvalue weighted by molar-refractivity contribution is 5.63. The van der Waals surface area contributed by atoms with Crippen molar-refractivity contribution in [3.8, 4) is 11.3 Å². The van der Waals surface area contributed by atoms with Gasteiger partial charge in [-0.25, -0.2) is 9.38 Å². The molecule has 0 amide bonds. The van der Waals surface area contributed by atoms with Crippen molar-refractivity contribution < 1.29 is 9.32 Å². The molecule has 1 aromatic carbocycles. The number of imidazole rings is 1. The predicted molar refractivity (Wildman–Crippen MR) is 66.0 cm³/mol. The lowest BCUT2D eigenvalue weighted by Crippen LogP contribution is -2.15. The summed E-state index contributed by atoms with van der Waals surface area (Å²) in [4.78, 5) is 13.6. The minimum atomic E-state index is -0.390. The first-order valence-electron chi connectivity index (χ1n) is 5.48. The highest BCUT2D eigenvalue weighted by Gasteiger charge is 2.13. The molecule has 1 N–H and O–H groups in total. The number of non-ortho nitro benzene ring substituents is 1. The molecule has 5 heteroatoms. The number of benzene rings is 1. The lowest BCUT2D eigenvalue weighted by atomic mass is 10.1. The Kier molecular flexibility index (Phi) is 2.30. The molecule has 2 heterocycles. The smallest absolute Gasteiger partial charge is 0.258 e. The number of nitrogens with zero attached hydrogens (tertiary/aromatic N) is 2. The van der Waals surface area contributed by atoms with Gasteiger partial charge in [-0.3, -0.25) is 10.1 Å². The van der Waals surface area contributed by atoms with E-state index in [1.165, 1.54) is 6.07 Å². The quantitative estimate of drug-likeness (QED) is 0.424. The third-order valence-electron chi connectivity index (χ3n) is 2.79. The molecule has 3 rings (SSSR count). The molecule has 0 bridgehead atoms. The van der Waals surface area contributed by atoms with Gasteiger partial charge in [0.25, 0.3) is 11.3 Å². The number of nitro groups is 1. The van der Waals surface area contributed by atoms with E-state index in [0.717, 1.165) is 16.9 Å². The van der Waals surface area contributed by atoms with Gasteiger partial charge in [-0.15, -0.1) is 0 Å². The van der Waals surface area contributed by atoms with Crippen LogP contribution >= 0.6 is 0 Å². The SMILES string of the molecule is O=[N+]([O-])c1cccc(-c2c[n+]3ccccc3[nH]2)c1. The first-order valence-corrected chi connectivity index (χ1v) is 5.48. The van der Waals surface area contributed by atoms with Crippen molar-refractivity contribution in [1.29, 1.82) is 0 Å². The molecule has 0 unspecified atom stereocenters. The number of aromatic amines is 1. The number of nitrogens with one attached hydrogen (secondary N) is 1. The largest absolute Gasteiger partial charge is 0.284 e. The van der Waals surface area contributed by atoms with Gasteiger partial charge in [0.15, 0.2) is 5.69 Å². The summed E-state index contributed by atoms with van der Waals surface area (Å²) < 4.78 is 1.94. The third-order valence-corrected chi connectivity index (χ3v) is 2.79. The summed E-state index contributed by atoms with van der Waals surface area (Å²) in [5.41, 5.74) is 2.69. The van der Waals surface area contributed by atoms with Gasteiger partial charge < -0.3 is 0 Å². The topological polar surface area (TPSA) is 63.0 Å². The fraction of sp³-hybridized carbons (Fsp3) is 0. The Morgan fingerprint density at radius 3 is 2.83 bits per heavy atom. The predicted octanol–water partition coefficient (Wildman–Crippen LogP) is 2.33. The molecule has 5 nitrogen and oxygen atoms in total. The van der Waals surface area contributed by atoms with Gasteiger partial charge in [0, 0.05) is 23.8 Å². The molecular weight excluding hydrogens is 230 g/mol. The van der Waals surface area contributed by atoms with Crippen LogP contribution in [0.1, 0.15) is 0 Å². The molecule has 18 heavy (non-hydrogen) atoms. The Hall–Kier alpha value is -2.69. The van der Waals surface area contributed by atoms with E-state index in [4.69, 9.17) is 0 Å². The van der Waals surface area contributed by atoms with Crippen LogP contribution in [0.15, 0.2) is 54.9 Å². The minimum absolute atomic E-state index is 0.0937. The van der Waals surface area contributed by atoms with E-state index >= 15 is 0 Å². The van der Waals surface area contributed by atoms with Crippen LogP contribution in [0.25, 0.3) is 16.9 Å². The minimum Gasteiger partial charge on any atom is -0.258 e. The second-order valence-electron chi connectivity index (χ2n) is 3.97. The summed E-state index contributed by atoms with van der Waals surface area (Å²) in [5, 5.41) is 10.7. The van der Waals surface area contributed by atoms with E-state index in [2.05, 4.69) is 4.98 Å². The van der Waals surface area contributed by atoms with Crippen molar-refractivity contribution in [2.24, 2.45) is 0 Å². The monoisotopic (exact) mass is 240 g/mol. The third kappa shape index (κ3) is 1.71. The van der Waals surface area contributed by atoms with Gasteiger partial charge in [0.1, 0.15) is 6.20 Å². The fourth-order valence-electron chi connectivity index (χ4n) is 1.92. The van der Waals surface area contributed by atoms with Crippen LogP contribution < -0.4 is 4.40 Å². The molecule has 0 aliphatic carbocycles. The Morgan fingerprint density at radius 1 is 1.17 bits per heavy atom. The molecule has 3 aromatic rings. The number of pyridine rings is 1. The van der Waals surface area contributed by atoms with Gasteiger partial charge in [-0.05, 0) is 6.07 Å². The number of hydrogen-bond acceptors (Lipinski definition) is 2. The Balaban J connectivity index is 2.13. The second kappa shape index (κ2) is 3.96. The average molecular weight is 240 g/mol. The maximum atomic E-state index is 10.7. The molecule has 0 saturated carbocycles. The first-order chi connectivity index (χ1) is 8.74. The van der Waals surface area contributed by atoms with E-state index in [1.54, 1.807) is 12.1 Å². The maximum Gasteiger partial charge on any atom is 0.284 e. The van der Waals surface area contributed by atoms with Crippen LogP contribution in [0.2, 0.25) is 0 Å². The van der Waals surface area contributed by atoms with Crippen molar-refractivity contribution in [2.45, 2.75) is 0 Å². The summed E-state index contributed by atoms with van der Waals surface area (Å²) in [5.74, 6) is 0. The van der Waals surface area contributed by atoms with Crippen molar-refractivity contribution in [1.82, 2.24) is 4.98 Å². The zero-order valence-electron chi connectivity index (χ0n) is 9.41. The average Bonchev–Trinajstić information content (AvgIpc) is 2.82. The van der Waals surface area contributed by atoms with Crippen LogP contribution in [-0.4, -0.2) is 9.91 Å². The summed E-state index contributed by atoms with van der Waals surface area (Å²) >= 11 is 0. The Bertz CT molecular complexity index is 701. The van der Waals surface area contributed by atoms with Gasteiger partial charge >= 0.3 is 0 Å². The van der Waals surface area contributed by atoms with Crippen molar-refractivity contribution >= 4 is 11.3 Å². The Morgan fingerprint density at radius 2 is 2.06 bits per heavy atom. The lowest BCUT2D eigenvalue weighted by Gasteiger charge is -1.93. The zero-order chi connectivity index (χ0) is 12.5. The summed E-state index contributed by atoms with van der Waals surface area (Å²) in [6.45, 7) is 0. The normalized spacial score (nSPS) is 10.7. The van der Waals surface area contributed by atoms with Gasteiger partial charge in [0.05, 0.1) is 11.1 Å². The molecule has 0 aliphatic heterocycles. The summed E-state index contributed by atoms with van der Waals surface area (Å²) in [6.07, 6.45) is 3.83. The maximum absolute atomic E-state index is 10.7. The van der Waals surface area contributed by atoms with Crippen molar-refractivity contribution in [3.05, 3.63) is 65.0 Å². The first kappa shape index (κ1) is 10.5. The number of aromatic nitrogens is 2. The van der Waals surface area contributed by atoms with Crippen LogP contribution in [-0.2, 0) is 0 Å². The molecule has 0 spiro atoms. The molecule has 0 aliphatic rings. The molecule has 0 radical (unpaired) electrons. The summed E-state index contributed by atoms with van der Waals surface area (Å²) in [7, 11) is 0. The molecule has 2 aromatic heterocycles. The van der Waals surface area contributed by atoms with E-state index < -0.39 is 0 Å². The highest BCUT2D eigenvalue weighted by atomic mass is 16.6. The van der Waals surface area contributed by atoms with Gasteiger partial charge in [-0.1, -0.05) is 18.2 Å². The molecule has 0 atom stereocenters.